The molecule has 0 aliphatic heterocycles. The molecule has 0 bridgehead atoms. The third-order valence-corrected chi connectivity index (χ3v) is 2.70. The molecular weight excluding hydrogens is 214 g/mol. The maximum absolute atomic E-state index is 9.02. The normalized spacial score (nSPS) is 15.4. The average Bonchev–Trinajstić information content (AvgIpc) is 3.02. The highest BCUT2D eigenvalue weighted by molar-refractivity contribution is 6.28. The Bertz CT molecular complexity index is 355. The van der Waals surface area contributed by atoms with Gasteiger partial charge < -0.3 is 10.0 Å². The van der Waals surface area contributed by atoms with E-state index >= 15 is 0 Å². The zero-order valence-corrected chi connectivity index (χ0v) is 9.41. The van der Waals surface area contributed by atoms with Crippen molar-refractivity contribution >= 4 is 17.4 Å². The SMILES string of the molecule is Cc1cnc(Cl)nc1N(CCO)C1CC1. The Labute approximate surface area is 93.9 Å². The molecule has 82 valence electrons. The lowest BCUT2D eigenvalue weighted by Gasteiger charge is -2.23. The van der Waals surface area contributed by atoms with Gasteiger partial charge in [-0.1, -0.05) is 0 Å². The van der Waals surface area contributed by atoms with E-state index in [4.69, 9.17) is 16.7 Å². The van der Waals surface area contributed by atoms with E-state index in [9.17, 15) is 0 Å². The first-order valence-corrected chi connectivity index (χ1v) is 5.47. The summed E-state index contributed by atoms with van der Waals surface area (Å²) in [5, 5.41) is 9.28. The van der Waals surface area contributed by atoms with E-state index in [-0.39, 0.29) is 11.9 Å². The van der Waals surface area contributed by atoms with Crippen molar-refractivity contribution in [1.82, 2.24) is 9.97 Å². The minimum absolute atomic E-state index is 0.136. The minimum atomic E-state index is 0.136. The van der Waals surface area contributed by atoms with Gasteiger partial charge in [-0.2, -0.15) is 0 Å². The fourth-order valence-electron chi connectivity index (χ4n) is 1.66. The number of aromatic nitrogens is 2. The van der Waals surface area contributed by atoms with E-state index in [1.165, 1.54) is 12.8 Å². The number of aliphatic hydroxyl groups excluding tert-OH is 1. The summed E-state index contributed by atoms with van der Waals surface area (Å²) in [6.07, 6.45) is 4.06. The number of anilines is 1. The van der Waals surface area contributed by atoms with Crippen molar-refractivity contribution in [2.75, 3.05) is 18.1 Å². The standard InChI is InChI=1S/C10H14ClN3O/c1-7-6-12-10(11)13-9(7)14(4-5-15)8-2-3-8/h6,8,15H,2-5H2,1H3. The Morgan fingerprint density at radius 3 is 2.93 bits per heavy atom. The highest BCUT2D eigenvalue weighted by atomic mass is 35.5. The van der Waals surface area contributed by atoms with Crippen LogP contribution < -0.4 is 4.90 Å². The monoisotopic (exact) mass is 227 g/mol. The Morgan fingerprint density at radius 1 is 1.60 bits per heavy atom. The molecule has 0 radical (unpaired) electrons. The molecule has 1 aliphatic rings. The quantitative estimate of drug-likeness (QED) is 0.790. The second-order valence-electron chi connectivity index (χ2n) is 3.79. The second-order valence-corrected chi connectivity index (χ2v) is 4.13. The van der Waals surface area contributed by atoms with Gasteiger partial charge in [0.25, 0.3) is 0 Å². The molecule has 15 heavy (non-hydrogen) atoms. The topological polar surface area (TPSA) is 49.2 Å². The summed E-state index contributed by atoms with van der Waals surface area (Å²) in [7, 11) is 0. The maximum atomic E-state index is 9.02. The van der Waals surface area contributed by atoms with Gasteiger partial charge in [-0.15, -0.1) is 0 Å². The number of halogens is 1. The smallest absolute Gasteiger partial charge is 0.224 e. The van der Waals surface area contributed by atoms with Crippen LogP contribution in [0.4, 0.5) is 5.82 Å². The van der Waals surface area contributed by atoms with Gasteiger partial charge in [0.2, 0.25) is 5.28 Å². The molecule has 0 aromatic carbocycles. The second kappa shape index (κ2) is 4.33. The van der Waals surface area contributed by atoms with Crippen LogP contribution >= 0.6 is 11.6 Å². The fraction of sp³-hybridized carbons (Fsp3) is 0.600. The zero-order chi connectivity index (χ0) is 10.8. The van der Waals surface area contributed by atoms with E-state index < -0.39 is 0 Å². The molecule has 0 unspecified atom stereocenters. The predicted octanol–water partition coefficient (Wildman–Crippen LogP) is 1.40. The van der Waals surface area contributed by atoms with Crippen molar-refractivity contribution in [2.45, 2.75) is 25.8 Å². The van der Waals surface area contributed by atoms with Crippen LogP contribution in [0.5, 0.6) is 0 Å². The van der Waals surface area contributed by atoms with Gasteiger partial charge in [-0.25, -0.2) is 9.97 Å². The van der Waals surface area contributed by atoms with Crippen molar-refractivity contribution < 1.29 is 5.11 Å². The molecule has 0 amide bonds. The van der Waals surface area contributed by atoms with Gasteiger partial charge in [-0.3, -0.25) is 0 Å². The number of aryl methyl sites for hydroxylation is 1. The summed E-state index contributed by atoms with van der Waals surface area (Å²) in [6, 6.07) is 0.516. The molecular formula is C10H14ClN3O. The first-order chi connectivity index (χ1) is 7.22. The summed E-state index contributed by atoms with van der Waals surface area (Å²) in [6.45, 7) is 2.70. The van der Waals surface area contributed by atoms with Crippen LogP contribution in [-0.2, 0) is 0 Å². The van der Waals surface area contributed by atoms with E-state index in [0.29, 0.717) is 12.6 Å². The molecule has 0 spiro atoms. The summed E-state index contributed by atoms with van der Waals surface area (Å²) in [5.74, 6) is 0.853. The Morgan fingerprint density at radius 2 is 2.33 bits per heavy atom. The molecule has 1 fully saturated rings. The Kier molecular flexibility index (Phi) is 3.07. The van der Waals surface area contributed by atoms with E-state index in [1.54, 1.807) is 6.20 Å². The lowest BCUT2D eigenvalue weighted by Crippen LogP contribution is -2.30. The third-order valence-electron chi connectivity index (χ3n) is 2.52. The lowest BCUT2D eigenvalue weighted by atomic mass is 10.3. The molecule has 5 heteroatoms. The van der Waals surface area contributed by atoms with Gasteiger partial charge >= 0.3 is 0 Å². The van der Waals surface area contributed by atoms with Gasteiger partial charge in [0, 0.05) is 24.3 Å². The van der Waals surface area contributed by atoms with Crippen molar-refractivity contribution in [2.24, 2.45) is 0 Å². The van der Waals surface area contributed by atoms with Crippen molar-refractivity contribution in [3.05, 3.63) is 17.0 Å². The first-order valence-electron chi connectivity index (χ1n) is 5.09. The van der Waals surface area contributed by atoms with Crippen LogP contribution in [0.25, 0.3) is 0 Å². The average molecular weight is 228 g/mol. The fourth-order valence-corrected chi connectivity index (χ4v) is 1.79. The first kappa shape index (κ1) is 10.6. The van der Waals surface area contributed by atoms with Crippen LogP contribution in [0.1, 0.15) is 18.4 Å². The number of hydrogen-bond acceptors (Lipinski definition) is 4. The van der Waals surface area contributed by atoms with Gasteiger partial charge in [-0.05, 0) is 31.4 Å². The molecule has 1 heterocycles. The van der Waals surface area contributed by atoms with E-state index in [1.807, 2.05) is 6.92 Å². The molecule has 0 atom stereocenters. The van der Waals surface area contributed by atoms with Gasteiger partial charge in [0.15, 0.2) is 0 Å². The van der Waals surface area contributed by atoms with Crippen LogP contribution in [0, 0.1) is 6.92 Å². The molecule has 1 aromatic rings. The summed E-state index contributed by atoms with van der Waals surface area (Å²) in [4.78, 5) is 10.3. The number of hydrogen-bond donors (Lipinski definition) is 1. The number of rotatable bonds is 4. The van der Waals surface area contributed by atoms with Crippen molar-refractivity contribution in [3.8, 4) is 0 Å². The highest BCUT2D eigenvalue weighted by Gasteiger charge is 2.30. The zero-order valence-electron chi connectivity index (χ0n) is 8.65. The van der Waals surface area contributed by atoms with Crippen molar-refractivity contribution in [3.63, 3.8) is 0 Å². The maximum Gasteiger partial charge on any atom is 0.224 e. The molecule has 0 saturated heterocycles. The highest BCUT2D eigenvalue weighted by Crippen LogP contribution is 2.32. The van der Waals surface area contributed by atoms with Crippen LogP contribution in [-0.4, -0.2) is 34.3 Å². The van der Waals surface area contributed by atoms with Crippen LogP contribution in [0.15, 0.2) is 6.20 Å². The Balaban J connectivity index is 2.27. The van der Waals surface area contributed by atoms with Gasteiger partial charge in [0.1, 0.15) is 5.82 Å². The number of nitrogens with zero attached hydrogens (tertiary/aromatic N) is 3. The van der Waals surface area contributed by atoms with Crippen LogP contribution in [0.3, 0.4) is 0 Å². The van der Waals surface area contributed by atoms with E-state index in [2.05, 4.69) is 14.9 Å². The summed E-state index contributed by atoms with van der Waals surface area (Å²) >= 11 is 5.77. The van der Waals surface area contributed by atoms with Crippen LogP contribution in [0.2, 0.25) is 5.28 Å². The van der Waals surface area contributed by atoms with E-state index in [0.717, 1.165) is 11.4 Å². The molecule has 1 N–H and O–H groups in total. The lowest BCUT2D eigenvalue weighted by molar-refractivity contribution is 0.301. The summed E-state index contributed by atoms with van der Waals surface area (Å²) in [5.41, 5.74) is 1.000. The summed E-state index contributed by atoms with van der Waals surface area (Å²) < 4.78 is 0. The molecule has 1 saturated carbocycles. The molecule has 1 aromatic heterocycles. The van der Waals surface area contributed by atoms with Crippen molar-refractivity contribution in [1.29, 1.82) is 0 Å². The molecule has 2 rings (SSSR count). The largest absolute Gasteiger partial charge is 0.395 e. The minimum Gasteiger partial charge on any atom is -0.395 e. The van der Waals surface area contributed by atoms with Gasteiger partial charge in [0.05, 0.1) is 6.61 Å². The predicted molar refractivity (Wildman–Crippen MR) is 59.2 cm³/mol. The third kappa shape index (κ3) is 2.38. The number of aliphatic hydroxyl groups is 1. The Hall–Kier alpha value is -0.870. The molecule has 1 aliphatic carbocycles. The molecule has 4 nitrogen and oxygen atoms in total.